The number of piperidine rings is 1. The molecule has 0 unspecified atom stereocenters. The topological polar surface area (TPSA) is 59.7 Å². The molecule has 0 saturated carbocycles. The molecular formula is C20H18BrF3N4O2. The van der Waals surface area contributed by atoms with Crippen LogP contribution >= 0.6 is 15.9 Å². The van der Waals surface area contributed by atoms with Crippen LogP contribution in [0.3, 0.4) is 0 Å². The molecule has 158 valence electrons. The first-order valence-electron chi connectivity index (χ1n) is 9.40. The molecule has 1 aliphatic heterocycles. The maximum absolute atomic E-state index is 13.8. The van der Waals surface area contributed by atoms with E-state index >= 15 is 0 Å². The lowest BCUT2D eigenvalue weighted by Crippen LogP contribution is -2.36. The lowest BCUT2D eigenvalue weighted by Gasteiger charge is -2.25. The maximum Gasteiger partial charge on any atom is 0.433 e. The number of benzene rings is 1. The predicted molar refractivity (Wildman–Crippen MR) is 107 cm³/mol. The number of ether oxygens (including phenoxy) is 1. The maximum atomic E-state index is 13.8. The van der Waals surface area contributed by atoms with Gasteiger partial charge in [0.05, 0.1) is 17.3 Å². The number of amides is 1. The number of hydrogen-bond acceptors (Lipinski definition) is 4. The van der Waals surface area contributed by atoms with Crippen molar-refractivity contribution in [3.05, 3.63) is 46.2 Å². The fourth-order valence-electron chi connectivity index (χ4n) is 3.49. The SMILES string of the molecule is COc1ccc(-c2cc(C(F)(F)F)n3nc(C(=O)N4CCCCC4)c(Br)c3n2)cc1. The van der Waals surface area contributed by atoms with Crippen LogP contribution in [0.5, 0.6) is 5.75 Å². The molecule has 0 aliphatic carbocycles. The summed E-state index contributed by atoms with van der Waals surface area (Å²) in [6.07, 6.45) is -1.92. The Bertz CT molecular complexity index is 1090. The predicted octanol–water partition coefficient (Wildman–Crippen LogP) is 4.81. The van der Waals surface area contributed by atoms with Crippen LogP contribution in [0.25, 0.3) is 16.9 Å². The molecule has 1 aromatic carbocycles. The van der Waals surface area contributed by atoms with Crippen LogP contribution in [0, 0.1) is 0 Å². The van der Waals surface area contributed by atoms with Gasteiger partial charge in [-0.1, -0.05) is 0 Å². The van der Waals surface area contributed by atoms with Gasteiger partial charge in [-0.3, -0.25) is 4.79 Å². The summed E-state index contributed by atoms with van der Waals surface area (Å²) in [4.78, 5) is 18.9. The Morgan fingerprint density at radius 3 is 2.40 bits per heavy atom. The van der Waals surface area contributed by atoms with Gasteiger partial charge in [0.1, 0.15) is 5.75 Å². The Morgan fingerprint density at radius 2 is 1.80 bits per heavy atom. The van der Waals surface area contributed by atoms with Crippen LogP contribution in [-0.2, 0) is 6.18 Å². The van der Waals surface area contributed by atoms with E-state index in [1.165, 1.54) is 7.11 Å². The molecule has 3 aromatic rings. The fourth-order valence-corrected chi connectivity index (χ4v) is 3.99. The molecule has 1 fully saturated rings. The van der Waals surface area contributed by atoms with Crippen LogP contribution in [0.1, 0.15) is 35.4 Å². The third-order valence-electron chi connectivity index (χ3n) is 5.05. The van der Waals surface area contributed by atoms with E-state index in [2.05, 4.69) is 26.0 Å². The number of aromatic nitrogens is 3. The Labute approximate surface area is 178 Å². The summed E-state index contributed by atoms with van der Waals surface area (Å²) in [5.74, 6) is 0.182. The molecule has 0 radical (unpaired) electrons. The molecule has 1 saturated heterocycles. The lowest BCUT2D eigenvalue weighted by atomic mass is 10.1. The van der Waals surface area contributed by atoms with E-state index in [0.717, 1.165) is 25.3 Å². The Morgan fingerprint density at radius 1 is 1.13 bits per heavy atom. The Hall–Kier alpha value is -2.62. The van der Waals surface area contributed by atoms with Crippen molar-refractivity contribution in [2.24, 2.45) is 0 Å². The van der Waals surface area contributed by atoms with Crippen molar-refractivity contribution in [1.29, 1.82) is 0 Å². The Balaban J connectivity index is 1.86. The van der Waals surface area contributed by atoms with Crippen LogP contribution < -0.4 is 4.74 Å². The summed E-state index contributed by atoms with van der Waals surface area (Å²) in [7, 11) is 1.51. The van der Waals surface area contributed by atoms with Gasteiger partial charge >= 0.3 is 6.18 Å². The van der Waals surface area contributed by atoms with Crippen molar-refractivity contribution in [1.82, 2.24) is 19.5 Å². The molecule has 0 N–H and O–H groups in total. The van der Waals surface area contributed by atoms with Crippen molar-refractivity contribution in [2.75, 3.05) is 20.2 Å². The zero-order valence-electron chi connectivity index (χ0n) is 16.0. The molecule has 2 aromatic heterocycles. The number of halogens is 4. The normalized spacial score (nSPS) is 14.9. The molecule has 6 nitrogen and oxygen atoms in total. The summed E-state index contributed by atoms with van der Waals surface area (Å²) >= 11 is 3.27. The van der Waals surface area contributed by atoms with Gasteiger partial charge in [-0.2, -0.15) is 18.3 Å². The lowest BCUT2D eigenvalue weighted by molar-refractivity contribution is -0.142. The standard InChI is InChI=1S/C20H18BrF3N4O2/c1-30-13-7-5-12(6-8-13)14-11-15(20(22,23)24)28-18(25-14)16(21)17(26-28)19(29)27-9-3-2-4-10-27/h5-8,11H,2-4,9-10H2,1H3. The molecule has 1 amide bonds. The average Bonchev–Trinajstić information content (AvgIpc) is 3.09. The number of likely N-dealkylation sites (tertiary alicyclic amines) is 1. The zero-order chi connectivity index (χ0) is 21.5. The molecule has 10 heteroatoms. The third kappa shape index (κ3) is 3.76. The van der Waals surface area contributed by atoms with Crippen molar-refractivity contribution in [2.45, 2.75) is 25.4 Å². The summed E-state index contributed by atoms with van der Waals surface area (Å²) in [6.45, 7) is 1.13. The van der Waals surface area contributed by atoms with Crippen molar-refractivity contribution >= 4 is 27.5 Å². The first kappa shape index (κ1) is 20.6. The number of hydrogen-bond donors (Lipinski definition) is 0. The summed E-state index contributed by atoms with van der Waals surface area (Å²) in [5, 5.41) is 3.99. The number of carbonyl (C=O) groups is 1. The van der Waals surface area contributed by atoms with Crippen LogP contribution in [0.2, 0.25) is 0 Å². The van der Waals surface area contributed by atoms with Gasteiger partial charge in [0.25, 0.3) is 5.91 Å². The van der Waals surface area contributed by atoms with Crippen molar-refractivity contribution < 1.29 is 22.7 Å². The van der Waals surface area contributed by atoms with Crippen LogP contribution in [0.4, 0.5) is 13.2 Å². The number of alkyl halides is 3. The summed E-state index contributed by atoms with van der Waals surface area (Å²) in [5.41, 5.74) is -0.523. The number of nitrogens with zero attached hydrogens (tertiary/aromatic N) is 4. The van der Waals surface area contributed by atoms with E-state index < -0.39 is 17.8 Å². The van der Waals surface area contributed by atoms with E-state index in [4.69, 9.17) is 4.74 Å². The number of carbonyl (C=O) groups excluding carboxylic acids is 1. The minimum atomic E-state index is -4.68. The smallest absolute Gasteiger partial charge is 0.433 e. The molecule has 0 bridgehead atoms. The second-order valence-corrected chi connectivity index (χ2v) is 7.80. The van der Waals surface area contributed by atoms with E-state index in [-0.39, 0.29) is 21.5 Å². The van der Waals surface area contributed by atoms with E-state index in [1.807, 2.05) is 0 Å². The van der Waals surface area contributed by atoms with Gasteiger partial charge < -0.3 is 9.64 Å². The molecule has 4 rings (SSSR count). The van der Waals surface area contributed by atoms with Crippen LogP contribution in [0.15, 0.2) is 34.8 Å². The number of rotatable bonds is 3. The monoisotopic (exact) mass is 482 g/mol. The number of methoxy groups -OCH3 is 1. The second kappa shape index (κ2) is 7.90. The molecule has 3 heterocycles. The molecular weight excluding hydrogens is 465 g/mol. The highest BCUT2D eigenvalue weighted by Crippen LogP contribution is 2.35. The van der Waals surface area contributed by atoms with Crippen molar-refractivity contribution in [3.63, 3.8) is 0 Å². The van der Waals surface area contributed by atoms with Gasteiger partial charge in [-0.05, 0) is 65.5 Å². The van der Waals surface area contributed by atoms with Gasteiger partial charge in [0.15, 0.2) is 17.0 Å². The summed E-state index contributed by atoms with van der Waals surface area (Å²) < 4.78 is 47.4. The van der Waals surface area contributed by atoms with E-state index in [1.54, 1.807) is 29.2 Å². The van der Waals surface area contributed by atoms with Gasteiger partial charge in [-0.25, -0.2) is 9.50 Å². The van der Waals surface area contributed by atoms with Crippen LogP contribution in [-0.4, -0.2) is 45.6 Å². The first-order chi connectivity index (χ1) is 14.3. The Kier molecular flexibility index (Phi) is 5.44. The van der Waals surface area contributed by atoms with Crippen molar-refractivity contribution in [3.8, 4) is 17.0 Å². The highest BCUT2D eigenvalue weighted by atomic mass is 79.9. The highest BCUT2D eigenvalue weighted by Gasteiger charge is 2.37. The minimum Gasteiger partial charge on any atom is -0.497 e. The molecule has 30 heavy (non-hydrogen) atoms. The van der Waals surface area contributed by atoms with E-state index in [9.17, 15) is 18.0 Å². The molecule has 1 aliphatic rings. The van der Waals surface area contributed by atoms with E-state index in [0.29, 0.717) is 28.9 Å². The van der Waals surface area contributed by atoms with Gasteiger partial charge in [-0.15, -0.1) is 0 Å². The molecule has 0 atom stereocenters. The first-order valence-corrected chi connectivity index (χ1v) is 10.2. The highest BCUT2D eigenvalue weighted by molar-refractivity contribution is 9.10. The average molecular weight is 483 g/mol. The largest absolute Gasteiger partial charge is 0.497 e. The second-order valence-electron chi connectivity index (χ2n) is 7.00. The fraction of sp³-hybridized carbons (Fsp3) is 0.350. The summed E-state index contributed by atoms with van der Waals surface area (Å²) in [6, 6.07) is 7.48. The van der Waals surface area contributed by atoms with Gasteiger partial charge in [0, 0.05) is 18.7 Å². The molecule has 0 spiro atoms. The third-order valence-corrected chi connectivity index (χ3v) is 5.79. The number of fused-ring (bicyclic) bond motifs is 1. The van der Waals surface area contributed by atoms with Gasteiger partial charge in [0.2, 0.25) is 0 Å². The minimum absolute atomic E-state index is 0.0593. The zero-order valence-corrected chi connectivity index (χ0v) is 17.6. The quantitative estimate of drug-likeness (QED) is 0.537.